The third kappa shape index (κ3) is 7.81. The number of thioether (sulfide) groups is 1. The van der Waals surface area contributed by atoms with E-state index < -0.39 is 40.8 Å². The summed E-state index contributed by atoms with van der Waals surface area (Å²) in [5.74, 6) is -1.87. The van der Waals surface area contributed by atoms with Crippen molar-refractivity contribution in [3.8, 4) is 5.75 Å². The van der Waals surface area contributed by atoms with Crippen molar-refractivity contribution in [2.24, 2.45) is 16.2 Å². The highest BCUT2D eigenvalue weighted by atomic mass is 127. The van der Waals surface area contributed by atoms with Gasteiger partial charge < -0.3 is 9.47 Å². The fourth-order valence-corrected chi connectivity index (χ4v) is 4.17. The first-order chi connectivity index (χ1) is 14.3. The van der Waals surface area contributed by atoms with Gasteiger partial charge in [0, 0.05) is 5.75 Å². The van der Waals surface area contributed by atoms with Gasteiger partial charge in [-0.2, -0.15) is 24.9 Å². The molecular weight excluding hydrogens is 556 g/mol. The fraction of sp³-hybridized carbons (Fsp3) is 0.652. The molecule has 2 atom stereocenters. The third-order valence-corrected chi connectivity index (χ3v) is 6.82. The monoisotopic (exact) mass is 588 g/mol. The zero-order chi connectivity index (χ0) is 25.1. The molecule has 0 heterocycles. The Morgan fingerprint density at radius 3 is 2.06 bits per heavy atom. The number of carbonyl (C=O) groups excluding carboxylic acids is 2. The molecule has 0 saturated heterocycles. The summed E-state index contributed by atoms with van der Waals surface area (Å²) in [7, 11) is 0. The Morgan fingerprint density at radius 2 is 1.62 bits per heavy atom. The van der Waals surface area contributed by atoms with Gasteiger partial charge in [-0.15, -0.1) is 0 Å². The van der Waals surface area contributed by atoms with Crippen LogP contribution in [0.25, 0.3) is 0 Å². The molecule has 1 aromatic rings. The van der Waals surface area contributed by atoms with Crippen molar-refractivity contribution in [2.45, 2.75) is 67.2 Å². The highest BCUT2D eigenvalue weighted by Crippen LogP contribution is 2.47. The van der Waals surface area contributed by atoms with Crippen LogP contribution in [-0.2, 0) is 9.53 Å². The third-order valence-electron chi connectivity index (χ3n) is 5.29. The molecule has 32 heavy (non-hydrogen) atoms. The fourth-order valence-electron chi connectivity index (χ4n) is 3.17. The summed E-state index contributed by atoms with van der Waals surface area (Å²) in [5, 5.41) is 0. The topological polar surface area (TPSA) is 52.6 Å². The quantitative estimate of drug-likeness (QED) is 0.193. The van der Waals surface area contributed by atoms with Gasteiger partial charge in [-0.25, -0.2) is 4.79 Å². The average Bonchev–Trinajstić information content (AvgIpc) is 2.59. The predicted molar refractivity (Wildman–Crippen MR) is 130 cm³/mol. The summed E-state index contributed by atoms with van der Waals surface area (Å²) in [6.45, 7) is 13.8. The second-order valence-electron chi connectivity index (χ2n) is 10.2. The minimum absolute atomic E-state index is 0.114. The minimum Gasteiger partial charge on any atom is -0.448 e. The molecule has 0 bridgehead atoms. The summed E-state index contributed by atoms with van der Waals surface area (Å²) in [4.78, 5) is 25.7. The van der Waals surface area contributed by atoms with E-state index in [0.29, 0.717) is 9.99 Å². The second kappa shape index (κ2) is 10.5. The summed E-state index contributed by atoms with van der Waals surface area (Å²) in [6, 6.07) is 4.12. The lowest BCUT2D eigenvalue weighted by molar-refractivity contribution is -0.196. The van der Waals surface area contributed by atoms with E-state index in [0.717, 1.165) is 11.8 Å². The van der Waals surface area contributed by atoms with Gasteiger partial charge in [-0.05, 0) is 71.2 Å². The van der Waals surface area contributed by atoms with E-state index in [1.165, 1.54) is 24.5 Å². The molecule has 0 N–H and O–H groups in total. The lowest BCUT2D eigenvalue weighted by atomic mass is 9.61. The first-order valence-corrected chi connectivity index (χ1v) is 12.6. The van der Waals surface area contributed by atoms with Gasteiger partial charge >= 0.3 is 18.1 Å². The van der Waals surface area contributed by atoms with Crippen molar-refractivity contribution >= 4 is 46.3 Å². The van der Waals surface area contributed by atoms with Crippen LogP contribution >= 0.6 is 34.4 Å². The normalized spacial score (nSPS) is 15.6. The van der Waals surface area contributed by atoms with E-state index >= 15 is 0 Å². The molecule has 0 aliphatic rings. The number of benzene rings is 1. The summed E-state index contributed by atoms with van der Waals surface area (Å²) < 4.78 is 50.3. The Labute approximate surface area is 206 Å². The Bertz CT molecular complexity index is 828. The molecule has 9 heteroatoms. The lowest BCUT2D eigenvalue weighted by Crippen LogP contribution is -2.45. The first-order valence-electron chi connectivity index (χ1n) is 10.1. The van der Waals surface area contributed by atoms with Crippen LogP contribution in [0.4, 0.5) is 13.2 Å². The number of hydrogen-bond donors (Lipinski definition) is 0. The average molecular weight is 588 g/mol. The molecular formula is C23H32F3IO4S. The number of hydrogen-bond acceptors (Lipinski definition) is 5. The summed E-state index contributed by atoms with van der Waals surface area (Å²) >= 11 is 2.88. The van der Waals surface area contributed by atoms with E-state index in [-0.39, 0.29) is 16.7 Å². The molecule has 0 aliphatic carbocycles. The van der Waals surface area contributed by atoms with Gasteiger partial charge in [0.25, 0.3) is 0 Å². The van der Waals surface area contributed by atoms with Gasteiger partial charge in [0.1, 0.15) is 5.75 Å². The van der Waals surface area contributed by atoms with Crippen molar-refractivity contribution in [3.63, 3.8) is 0 Å². The SMILES string of the molecule is CSCC(OC(=O)c1ccc(I)c(OC(=O)C(C)(CC(C)(C)C)C(C)(C)C)c1)C(F)(F)F. The van der Waals surface area contributed by atoms with Gasteiger partial charge in [0.05, 0.1) is 14.5 Å². The zero-order valence-electron chi connectivity index (χ0n) is 19.8. The van der Waals surface area contributed by atoms with Crippen molar-refractivity contribution in [2.75, 3.05) is 12.0 Å². The number of rotatable bonds is 7. The molecule has 1 rings (SSSR count). The molecule has 0 aromatic heterocycles. The van der Waals surface area contributed by atoms with Gasteiger partial charge in [-0.3, -0.25) is 4.79 Å². The highest BCUT2D eigenvalue weighted by molar-refractivity contribution is 14.1. The van der Waals surface area contributed by atoms with Crippen molar-refractivity contribution < 1.29 is 32.2 Å². The van der Waals surface area contributed by atoms with Crippen LogP contribution in [0.3, 0.4) is 0 Å². The van der Waals surface area contributed by atoms with Crippen LogP contribution in [0.5, 0.6) is 5.75 Å². The predicted octanol–water partition coefficient (Wildman–Crippen LogP) is 7.14. The van der Waals surface area contributed by atoms with Crippen LogP contribution in [0, 0.1) is 19.8 Å². The molecule has 0 saturated carbocycles. The van der Waals surface area contributed by atoms with Gasteiger partial charge in [0.2, 0.25) is 6.10 Å². The summed E-state index contributed by atoms with van der Waals surface area (Å²) in [6.07, 6.45) is -4.83. The van der Waals surface area contributed by atoms with E-state index in [4.69, 9.17) is 9.47 Å². The van der Waals surface area contributed by atoms with Crippen LogP contribution < -0.4 is 4.74 Å². The van der Waals surface area contributed by atoms with E-state index in [2.05, 4.69) is 0 Å². The maximum Gasteiger partial charge on any atom is 0.426 e. The van der Waals surface area contributed by atoms with E-state index in [1.54, 1.807) is 0 Å². The molecule has 0 spiro atoms. The number of alkyl halides is 3. The van der Waals surface area contributed by atoms with Crippen molar-refractivity contribution in [1.82, 2.24) is 0 Å². The standard InChI is InChI=1S/C23H32F3IO4S/c1-20(2,3)13-22(7,21(4,5)6)19(29)30-16-11-14(9-10-15(16)27)18(28)31-17(12-32-8)23(24,25)26/h9-11,17H,12-13H2,1-8H3. The second-order valence-corrected chi connectivity index (χ2v) is 12.3. The Balaban J connectivity index is 3.21. The summed E-state index contributed by atoms with van der Waals surface area (Å²) in [5.41, 5.74) is -1.53. The van der Waals surface area contributed by atoms with Crippen LogP contribution in [-0.4, -0.2) is 36.2 Å². The van der Waals surface area contributed by atoms with E-state index in [1.807, 2.05) is 71.1 Å². The minimum atomic E-state index is -4.67. The number of halogens is 4. The number of carbonyl (C=O) groups is 2. The highest BCUT2D eigenvalue weighted by Gasteiger charge is 2.48. The molecule has 0 radical (unpaired) electrons. The molecule has 2 unspecified atom stereocenters. The van der Waals surface area contributed by atoms with Gasteiger partial charge in [-0.1, -0.05) is 41.5 Å². The zero-order valence-corrected chi connectivity index (χ0v) is 22.8. The molecule has 1 aromatic carbocycles. The Hall–Kier alpha value is -0.970. The maximum absolute atomic E-state index is 13.3. The molecule has 0 aliphatic heterocycles. The molecule has 182 valence electrons. The molecule has 4 nitrogen and oxygen atoms in total. The first kappa shape index (κ1) is 29.1. The van der Waals surface area contributed by atoms with Crippen LogP contribution in [0.15, 0.2) is 18.2 Å². The van der Waals surface area contributed by atoms with Crippen LogP contribution in [0.2, 0.25) is 0 Å². The van der Waals surface area contributed by atoms with Crippen molar-refractivity contribution in [3.05, 3.63) is 27.3 Å². The molecule has 0 amide bonds. The van der Waals surface area contributed by atoms with Gasteiger partial charge in [0.15, 0.2) is 0 Å². The Kier molecular flexibility index (Phi) is 9.56. The lowest BCUT2D eigenvalue weighted by Gasteiger charge is -2.43. The molecule has 0 fully saturated rings. The van der Waals surface area contributed by atoms with Crippen molar-refractivity contribution in [1.29, 1.82) is 0 Å². The maximum atomic E-state index is 13.3. The number of ether oxygens (including phenoxy) is 2. The van der Waals surface area contributed by atoms with Crippen LogP contribution in [0.1, 0.15) is 65.2 Å². The Morgan fingerprint density at radius 1 is 1.06 bits per heavy atom. The smallest absolute Gasteiger partial charge is 0.426 e. The largest absolute Gasteiger partial charge is 0.448 e. The number of esters is 2. The van der Waals surface area contributed by atoms with E-state index in [9.17, 15) is 22.8 Å².